The number of benzene rings is 1. The number of hydrogen-bond acceptors (Lipinski definition) is 3. The summed E-state index contributed by atoms with van der Waals surface area (Å²) >= 11 is 0. The Hall–Kier alpha value is -2.40. The van der Waals surface area contributed by atoms with E-state index in [2.05, 4.69) is 16.7 Å². The molecule has 0 unspecified atom stereocenters. The number of aryl methyl sites for hydroxylation is 2. The molecule has 5 heteroatoms. The summed E-state index contributed by atoms with van der Waals surface area (Å²) in [5.74, 6) is -0.249. The maximum atomic E-state index is 13.2. The lowest BCUT2D eigenvalue weighted by Gasteiger charge is -2.24. The number of carbonyl (C=O) groups is 1. The third-order valence-electron chi connectivity index (χ3n) is 5.58. The summed E-state index contributed by atoms with van der Waals surface area (Å²) in [5.41, 5.74) is 4.24. The van der Waals surface area contributed by atoms with Crippen molar-refractivity contribution in [2.75, 3.05) is 13.1 Å². The van der Waals surface area contributed by atoms with Crippen LogP contribution < -0.4 is 16.2 Å². The lowest BCUT2D eigenvalue weighted by molar-refractivity contribution is 0.0927. The topological polar surface area (TPSA) is 63.1 Å². The van der Waals surface area contributed by atoms with E-state index in [4.69, 9.17) is 0 Å². The Kier molecular flexibility index (Phi) is 4.64. The number of amides is 1. The number of pyridine rings is 1. The molecule has 1 aliphatic heterocycles. The van der Waals surface area contributed by atoms with Gasteiger partial charge in [0.1, 0.15) is 5.56 Å². The van der Waals surface area contributed by atoms with Gasteiger partial charge in [-0.3, -0.25) is 14.2 Å². The standard InChI is InChI=1S/C21H25N3O2/c1-14-10-13-24(18-7-3-5-15-4-2-6-17(15)18)21(26)19(14)20(25)23-16-8-11-22-12-9-16/h3,5,7,10,13,16,22H,2,4,6,8-9,11-12H2,1H3,(H,23,25). The number of nitrogens with one attached hydrogen (secondary N) is 2. The first-order chi connectivity index (χ1) is 12.6. The van der Waals surface area contributed by atoms with Gasteiger partial charge in [-0.1, -0.05) is 12.1 Å². The van der Waals surface area contributed by atoms with Crippen LogP contribution in [0.25, 0.3) is 5.69 Å². The quantitative estimate of drug-likeness (QED) is 0.890. The van der Waals surface area contributed by atoms with E-state index >= 15 is 0 Å². The number of aromatic nitrogens is 1. The van der Waals surface area contributed by atoms with E-state index in [1.165, 1.54) is 11.1 Å². The van der Waals surface area contributed by atoms with Crippen LogP contribution in [0.5, 0.6) is 0 Å². The first-order valence-electron chi connectivity index (χ1n) is 9.50. The molecular formula is C21H25N3O2. The summed E-state index contributed by atoms with van der Waals surface area (Å²) in [5, 5.41) is 6.34. The number of carbonyl (C=O) groups excluding carboxylic acids is 1. The summed E-state index contributed by atoms with van der Waals surface area (Å²) < 4.78 is 1.65. The minimum atomic E-state index is -0.249. The van der Waals surface area contributed by atoms with E-state index in [1.54, 1.807) is 10.8 Å². The van der Waals surface area contributed by atoms with E-state index in [-0.39, 0.29) is 23.1 Å². The zero-order valence-electron chi connectivity index (χ0n) is 15.2. The van der Waals surface area contributed by atoms with Gasteiger partial charge in [0.15, 0.2) is 0 Å². The first kappa shape index (κ1) is 17.0. The average Bonchev–Trinajstić information content (AvgIpc) is 3.12. The van der Waals surface area contributed by atoms with Gasteiger partial charge >= 0.3 is 0 Å². The normalized spacial score (nSPS) is 17.1. The molecule has 136 valence electrons. The van der Waals surface area contributed by atoms with Crippen molar-refractivity contribution >= 4 is 5.91 Å². The highest BCUT2D eigenvalue weighted by Gasteiger charge is 2.22. The van der Waals surface area contributed by atoms with Crippen molar-refractivity contribution < 1.29 is 4.79 Å². The van der Waals surface area contributed by atoms with Crippen molar-refractivity contribution in [2.45, 2.75) is 45.1 Å². The zero-order chi connectivity index (χ0) is 18.1. The summed E-state index contributed by atoms with van der Waals surface area (Å²) in [6.07, 6.45) is 6.77. The van der Waals surface area contributed by atoms with E-state index in [1.807, 2.05) is 25.1 Å². The molecule has 2 heterocycles. The largest absolute Gasteiger partial charge is 0.349 e. The second-order valence-electron chi connectivity index (χ2n) is 7.32. The van der Waals surface area contributed by atoms with Gasteiger partial charge in [0, 0.05) is 12.2 Å². The lowest BCUT2D eigenvalue weighted by Crippen LogP contribution is -2.44. The third-order valence-corrected chi connectivity index (χ3v) is 5.58. The number of rotatable bonds is 3. The van der Waals surface area contributed by atoms with Crippen LogP contribution >= 0.6 is 0 Å². The maximum absolute atomic E-state index is 13.2. The molecule has 2 aromatic rings. The van der Waals surface area contributed by atoms with Crippen molar-refractivity contribution in [3.63, 3.8) is 0 Å². The predicted molar refractivity (Wildman–Crippen MR) is 102 cm³/mol. The number of fused-ring (bicyclic) bond motifs is 1. The molecule has 2 N–H and O–H groups in total. The first-order valence-corrected chi connectivity index (χ1v) is 9.50. The van der Waals surface area contributed by atoms with Gasteiger partial charge < -0.3 is 10.6 Å². The lowest BCUT2D eigenvalue weighted by atomic mass is 10.0. The van der Waals surface area contributed by atoms with Gasteiger partial charge in [0.2, 0.25) is 0 Å². The van der Waals surface area contributed by atoms with Crippen LogP contribution in [0.3, 0.4) is 0 Å². The molecule has 26 heavy (non-hydrogen) atoms. The Morgan fingerprint density at radius 1 is 1.19 bits per heavy atom. The summed E-state index contributed by atoms with van der Waals surface area (Å²) in [6, 6.07) is 8.12. The number of piperidine rings is 1. The number of nitrogens with zero attached hydrogens (tertiary/aromatic N) is 1. The molecule has 1 saturated heterocycles. The minimum absolute atomic E-state index is 0.136. The highest BCUT2D eigenvalue weighted by Crippen LogP contribution is 2.27. The van der Waals surface area contributed by atoms with Crippen molar-refractivity contribution in [1.82, 2.24) is 15.2 Å². The second-order valence-corrected chi connectivity index (χ2v) is 7.32. The van der Waals surface area contributed by atoms with Crippen LogP contribution in [0.15, 0.2) is 35.3 Å². The highest BCUT2D eigenvalue weighted by atomic mass is 16.2. The van der Waals surface area contributed by atoms with E-state index in [9.17, 15) is 9.59 Å². The molecule has 0 saturated carbocycles. The van der Waals surface area contributed by atoms with Gasteiger partial charge in [0.25, 0.3) is 11.5 Å². The van der Waals surface area contributed by atoms with Crippen LogP contribution in [-0.2, 0) is 12.8 Å². The molecule has 1 aromatic carbocycles. The van der Waals surface area contributed by atoms with E-state index < -0.39 is 0 Å². The molecule has 1 fully saturated rings. The minimum Gasteiger partial charge on any atom is -0.349 e. The summed E-state index contributed by atoms with van der Waals surface area (Å²) in [6.45, 7) is 3.64. The molecule has 4 rings (SSSR count). The van der Waals surface area contributed by atoms with Crippen LogP contribution in [-0.4, -0.2) is 29.6 Å². The average molecular weight is 351 g/mol. The van der Waals surface area contributed by atoms with Crippen LogP contribution in [0, 0.1) is 6.92 Å². The third kappa shape index (κ3) is 3.07. The van der Waals surface area contributed by atoms with E-state index in [0.717, 1.165) is 56.4 Å². The fraction of sp³-hybridized carbons (Fsp3) is 0.429. The highest BCUT2D eigenvalue weighted by molar-refractivity contribution is 5.95. The molecular weight excluding hydrogens is 326 g/mol. The summed E-state index contributed by atoms with van der Waals surface area (Å²) in [4.78, 5) is 26.0. The fourth-order valence-electron chi connectivity index (χ4n) is 4.14. The molecule has 0 spiro atoms. The molecule has 1 aliphatic carbocycles. The Morgan fingerprint density at radius 3 is 2.81 bits per heavy atom. The fourth-order valence-corrected chi connectivity index (χ4v) is 4.14. The molecule has 1 aromatic heterocycles. The van der Waals surface area contributed by atoms with Gasteiger partial charge in [-0.25, -0.2) is 0 Å². The van der Waals surface area contributed by atoms with Crippen molar-refractivity contribution in [3.8, 4) is 5.69 Å². The Labute approximate surface area is 153 Å². The Balaban J connectivity index is 1.71. The molecule has 5 nitrogen and oxygen atoms in total. The zero-order valence-corrected chi connectivity index (χ0v) is 15.2. The SMILES string of the molecule is Cc1ccn(-c2cccc3c2CCC3)c(=O)c1C(=O)NC1CCNCC1. The van der Waals surface area contributed by atoms with Crippen molar-refractivity contribution in [2.24, 2.45) is 0 Å². The Bertz CT molecular complexity index is 895. The smallest absolute Gasteiger partial charge is 0.268 e. The van der Waals surface area contributed by atoms with Gasteiger partial charge in [-0.2, -0.15) is 0 Å². The molecule has 1 amide bonds. The van der Waals surface area contributed by atoms with Gasteiger partial charge in [-0.05, 0) is 80.9 Å². The van der Waals surface area contributed by atoms with Gasteiger partial charge in [0.05, 0.1) is 5.69 Å². The number of hydrogen-bond donors (Lipinski definition) is 2. The molecule has 0 bridgehead atoms. The molecule has 2 aliphatic rings. The van der Waals surface area contributed by atoms with Gasteiger partial charge in [-0.15, -0.1) is 0 Å². The van der Waals surface area contributed by atoms with Crippen molar-refractivity contribution in [1.29, 1.82) is 0 Å². The van der Waals surface area contributed by atoms with Crippen LogP contribution in [0.4, 0.5) is 0 Å². The van der Waals surface area contributed by atoms with E-state index in [0.29, 0.717) is 0 Å². The molecule has 0 radical (unpaired) electrons. The second kappa shape index (κ2) is 7.08. The predicted octanol–water partition coefficient (Wildman–Crippen LogP) is 2.12. The summed E-state index contributed by atoms with van der Waals surface area (Å²) in [7, 11) is 0. The Morgan fingerprint density at radius 2 is 2.00 bits per heavy atom. The monoisotopic (exact) mass is 351 g/mol. The molecule has 0 atom stereocenters. The van der Waals surface area contributed by atoms with Crippen molar-refractivity contribution in [3.05, 3.63) is 63.1 Å². The maximum Gasteiger partial charge on any atom is 0.268 e. The van der Waals surface area contributed by atoms with Crippen LogP contribution in [0.1, 0.15) is 46.3 Å². The van der Waals surface area contributed by atoms with Crippen LogP contribution in [0.2, 0.25) is 0 Å².